The van der Waals surface area contributed by atoms with Crippen LogP contribution in [0, 0.1) is 6.92 Å². The summed E-state index contributed by atoms with van der Waals surface area (Å²) in [7, 11) is 3.84. The maximum atomic E-state index is 12.4. The third-order valence-corrected chi connectivity index (χ3v) is 4.92. The van der Waals surface area contributed by atoms with E-state index in [0.717, 1.165) is 23.4 Å². The first-order valence-electron chi connectivity index (χ1n) is 8.48. The number of likely N-dealkylation sites (tertiary alicyclic amines) is 1. The van der Waals surface area contributed by atoms with E-state index in [9.17, 15) is 9.59 Å². The summed E-state index contributed by atoms with van der Waals surface area (Å²) < 4.78 is 5.84. The average molecular weight is 347 g/mol. The molecule has 1 fully saturated rings. The highest BCUT2D eigenvalue weighted by atomic mass is 16.5. The molecule has 3 rings (SSSR count). The van der Waals surface area contributed by atoms with Crippen LogP contribution in [-0.4, -0.2) is 67.0 Å². The molecule has 136 valence electrons. The van der Waals surface area contributed by atoms with Gasteiger partial charge in [-0.15, -0.1) is 0 Å². The Labute approximate surface area is 147 Å². The van der Waals surface area contributed by atoms with Crippen LogP contribution in [0.2, 0.25) is 0 Å². The maximum absolute atomic E-state index is 12.4. The molecule has 1 N–H and O–H groups in total. The average Bonchev–Trinajstić information content (AvgIpc) is 2.98. The van der Waals surface area contributed by atoms with Gasteiger partial charge < -0.3 is 19.9 Å². The van der Waals surface area contributed by atoms with E-state index in [-0.39, 0.29) is 23.8 Å². The molecule has 0 saturated carbocycles. The predicted octanol–water partition coefficient (Wildman–Crippen LogP) is -0.0126. The molecule has 2 aliphatic rings. The Morgan fingerprint density at radius 1 is 1.36 bits per heavy atom. The molecule has 2 aliphatic heterocycles. The summed E-state index contributed by atoms with van der Waals surface area (Å²) in [4.78, 5) is 36.4. The van der Waals surface area contributed by atoms with Crippen LogP contribution >= 0.6 is 0 Å². The van der Waals surface area contributed by atoms with Gasteiger partial charge in [0.15, 0.2) is 0 Å². The Morgan fingerprint density at radius 3 is 2.80 bits per heavy atom. The topological polar surface area (TPSA) is 87.7 Å². The first-order chi connectivity index (χ1) is 11.8. The number of ether oxygens (including phenoxy) is 1. The summed E-state index contributed by atoms with van der Waals surface area (Å²) in [6.45, 7) is 5.68. The van der Waals surface area contributed by atoms with Gasteiger partial charge in [-0.05, 0) is 13.3 Å². The molecule has 0 aliphatic carbocycles. The van der Waals surface area contributed by atoms with Crippen molar-refractivity contribution in [1.82, 2.24) is 20.2 Å². The van der Waals surface area contributed by atoms with Crippen molar-refractivity contribution in [3.8, 4) is 0 Å². The molecule has 0 bridgehead atoms. The first kappa shape index (κ1) is 17.6. The standard InChI is InChI=1S/C17H25N5O3/c1-11-13-8-25-10-17(15(13)20-16(19-11)21(3)4)5-6-22(9-17)14(24)7-18-12(2)23/h5-10H2,1-4H3,(H,18,23). The highest BCUT2D eigenvalue weighted by Gasteiger charge is 2.46. The fraction of sp³-hybridized carbons (Fsp3) is 0.647. The van der Waals surface area contributed by atoms with Crippen molar-refractivity contribution in [2.45, 2.75) is 32.3 Å². The SMILES string of the molecule is CC(=O)NCC(=O)N1CCC2(COCc3c(C)nc(N(C)C)nc32)C1. The van der Waals surface area contributed by atoms with Gasteiger partial charge in [0, 0.05) is 45.4 Å². The second-order valence-electron chi connectivity index (χ2n) is 7.08. The molecule has 1 unspecified atom stereocenters. The number of aromatic nitrogens is 2. The van der Waals surface area contributed by atoms with Crippen molar-refractivity contribution in [3.05, 3.63) is 17.0 Å². The molecular weight excluding hydrogens is 322 g/mol. The highest BCUT2D eigenvalue weighted by Crippen LogP contribution is 2.40. The molecule has 1 atom stereocenters. The van der Waals surface area contributed by atoms with Crippen LogP contribution in [-0.2, 0) is 26.3 Å². The number of carbonyl (C=O) groups is 2. The summed E-state index contributed by atoms with van der Waals surface area (Å²) in [6.07, 6.45) is 0.801. The van der Waals surface area contributed by atoms with Crippen LogP contribution in [0.4, 0.5) is 5.95 Å². The van der Waals surface area contributed by atoms with Gasteiger partial charge in [-0.1, -0.05) is 0 Å². The zero-order valence-corrected chi connectivity index (χ0v) is 15.3. The first-order valence-corrected chi connectivity index (χ1v) is 8.48. The highest BCUT2D eigenvalue weighted by molar-refractivity contribution is 5.84. The summed E-state index contributed by atoms with van der Waals surface area (Å²) in [5, 5.41) is 2.57. The van der Waals surface area contributed by atoms with Crippen molar-refractivity contribution < 1.29 is 14.3 Å². The molecule has 1 aromatic heterocycles. The minimum Gasteiger partial charge on any atom is -0.376 e. The Balaban J connectivity index is 1.87. The Kier molecular flexibility index (Phi) is 4.64. The van der Waals surface area contributed by atoms with Gasteiger partial charge in [-0.3, -0.25) is 9.59 Å². The fourth-order valence-electron chi connectivity index (χ4n) is 3.52. The molecule has 25 heavy (non-hydrogen) atoms. The van der Waals surface area contributed by atoms with E-state index in [0.29, 0.717) is 32.3 Å². The summed E-state index contributed by atoms with van der Waals surface area (Å²) in [6, 6.07) is 0. The quantitative estimate of drug-likeness (QED) is 0.827. The van der Waals surface area contributed by atoms with Gasteiger partial charge in [0.05, 0.1) is 30.9 Å². The van der Waals surface area contributed by atoms with E-state index in [1.165, 1.54) is 6.92 Å². The Hall–Kier alpha value is -2.22. The molecule has 8 nitrogen and oxygen atoms in total. The second kappa shape index (κ2) is 6.59. The van der Waals surface area contributed by atoms with E-state index in [1.807, 2.05) is 25.9 Å². The van der Waals surface area contributed by atoms with Crippen molar-refractivity contribution in [2.75, 3.05) is 45.2 Å². The molecule has 3 heterocycles. The van der Waals surface area contributed by atoms with Gasteiger partial charge >= 0.3 is 0 Å². The number of aryl methyl sites for hydroxylation is 1. The zero-order valence-electron chi connectivity index (χ0n) is 15.3. The molecule has 0 radical (unpaired) electrons. The molecule has 1 aromatic rings. The van der Waals surface area contributed by atoms with Crippen LogP contribution in [0.3, 0.4) is 0 Å². The summed E-state index contributed by atoms with van der Waals surface area (Å²) >= 11 is 0. The van der Waals surface area contributed by atoms with Crippen molar-refractivity contribution >= 4 is 17.8 Å². The molecule has 1 saturated heterocycles. The fourth-order valence-corrected chi connectivity index (χ4v) is 3.52. The van der Waals surface area contributed by atoms with Crippen LogP contribution in [0.15, 0.2) is 0 Å². The van der Waals surface area contributed by atoms with E-state index >= 15 is 0 Å². The molecule has 2 amide bonds. The third-order valence-electron chi connectivity index (χ3n) is 4.92. The summed E-state index contributed by atoms with van der Waals surface area (Å²) in [5.41, 5.74) is 2.67. The second-order valence-corrected chi connectivity index (χ2v) is 7.08. The lowest BCUT2D eigenvalue weighted by molar-refractivity contribution is -0.131. The van der Waals surface area contributed by atoms with Crippen LogP contribution in [0.1, 0.15) is 30.3 Å². The van der Waals surface area contributed by atoms with Gasteiger partial charge in [0.2, 0.25) is 17.8 Å². The lowest BCUT2D eigenvalue weighted by atomic mass is 9.80. The van der Waals surface area contributed by atoms with E-state index in [1.54, 1.807) is 4.90 Å². The van der Waals surface area contributed by atoms with Gasteiger partial charge in [0.1, 0.15) is 0 Å². The minimum atomic E-state index is -0.294. The van der Waals surface area contributed by atoms with Crippen molar-refractivity contribution in [1.29, 1.82) is 0 Å². The normalized spacial score (nSPS) is 22.0. The predicted molar refractivity (Wildman–Crippen MR) is 92.3 cm³/mol. The summed E-state index contributed by atoms with van der Waals surface area (Å²) in [5.74, 6) is 0.408. The number of nitrogens with zero attached hydrogens (tertiary/aromatic N) is 4. The molecular formula is C17H25N5O3. The number of anilines is 1. The number of carbonyl (C=O) groups excluding carboxylic acids is 2. The number of hydrogen-bond acceptors (Lipinski definition) is 6. The Morgan fingerprint density at radius 2 is 2.12 bits per heavy atom. The lowest BCUT2D eigenvalue weighted by Gasteiger charge is -2.35. The van der Waals surface area contributed by atoms with Gasteiger partial charge in [-0.25, -0.2) is 9.97 Å². The number of nitrogens with one attached hydrogen (secondary N) is 1. The lowest BCUT2D eigenvalue weighted by Crippen LogP contribution is -2.44. The van der Waals surface area contributed by atoms with Crippen LogP contribution < -0.4 is 10.2 Å². The zero-order chi connectivity index (χ0) is 18.2. The number of amides is 2. The van der Waals surface area contributed by atoms with Gasteiger partial charge in [-0.2, -0.15) is 0 Å². The van der Waals surface area contributed by atoms with Crippen molar-refractivity contribution in [2.24, 2.45) is 0 Å². The molecule has 1 spiro atoms. The van der Waals surface area contributed by atoms with Crippen LogP contribution in [0.5, 0.6) is 0 Å². The number of rotatable bonds is 3. The van der Waals surface area contributed by atoms with Crippen LogP contribution in [0.25, 0.3) is 0 Å². The largest absolute Gasteiger partial charge is 0.376 e. The monoisotopic (exact) mass is 347 g/mol. The van der Waals surface area contributed by atoms with E-state index in [2.05, 4.69) is 10.3 Å². The third kappa shape index (κ3) is 3.30. The van der Waals surface area contributed by atoms with E-state index < -0.39 is 0 Å². The number of fused-ring (bicyclic) bond motifs is 2. The minimum absolute atomic E-state index is 0.0326. The van der Waals surface area contributed by atoms with Crippen molar-refractivity contribution in [3.63, 3.8) is 0 Å². The van der Waals surface area contributed by atoms with Gasteiger partial charge in [0.25, 0.3) is 0 Å². The smallest absolute Gasteiger partial charge is 0.241 e. The Bertz CT molecular complexity index is 706. The maximum Gasteiger partial charge on any atom is 0.241 e. The van der Waals surface area contributed by atoms with E-state index in [4.69, 9.17) is 9.72 Å². The molecule has 0 aromatic carbocycles. The number of hydrogen-bond donors (Lipinski definition) is 1. The molecule has 8 heteroatoms.